The fraction of sp³-hybridized carbons (Fsp3) is 0.400. The normalized spacial score (nSPS) is 18.2. The Kier molecular flexibility index (Phi) is 4.03. The zero-order valence-corrected chi connectivity index (χ0v) is 15.3. The van der Waals surface area contributed by atoms with E-state index in [0.29, 0.717) is 23.4 Å². The van der Waals surface area contributed by atoms with Crippen molar-refractivity contribution in [1.29, 1.82) is 0 Å². The van der Waals surface area contributed by atoms with Gasteiger partial charge in [0.15, 0.2) is 5.78 Å². The van der Waals surface area contributed by atoms with E-state index in [2.05, 4.69) is 31.9 Å². The predicted octanol–water partition coefficient (Wildman–Crippen LogP) is 1.39. The fourth-order valence-electron chi connectivity index (χ4n) is 3.29. The summed E-state index contributed by atoms with van der Waals surface area (Å²) in [7, 11) is 2.09. The van der Waals surface area contributed by atoms with Crippen molar-refractivity contribution in [3.05, 3.63) is 42.6 Å². The lowest BCUT2D eigenvalue weighted by atomic mass is 10.1. The summed E-state index contributed by atoms with van der Waals surface area (Å²) < 4.78 is 23.3. The topological polar surface area (TPSA) is 67.2 Å². The number of likely N-dealkylation sites (N-methyl/N-ethyl adjacent to an activating group) is 1. The molecule has 140 valence electrons. The molecule has 0 spiro atoms. The average molecular weight is 367 g/mol. The molecule has 0 saturated carbocycles. The zero-order valence-electron chi connectivity index (χ0n) is 18.3. The predicted molar refractivity (Wildman–Crippen MR) is 104 cm³/mol. The van der Waals surface area contributed by atoms with Gasteiger partial charge in [0.1, 0.15) is 5.82 Å². The lowest BCUT2D eigenvalue weighted by Crippen LogP contribution is -2.46. The summed E-state index contributed by atoms with van der Waals surface area (Å²) in [5, 5.41) is 4.79. The SMILES string of the molecule is [2H]C([2H])([2H])n1cc(-c2ccc3cnc(CC(=O)CN4CCN(C)CC4)nc3c2)cn1. The van der Waals surface area contributed by atoms with Crippen LogP contribution in [0.4, 0.5) is 0 Å². The molecular weight excluding hydrogens is 340 g/mol. The molecule has 3 heterocycles. The Bertz CT molecular complexity index is 1060. The number of hydrogen-bond donors (Lipinski definition) is 0. The number of Topliss-reactive ketones (excluding diaryl/α,β-unsaturated/α-hetero) is 1. The molecule has 0 aliphatic carbocycles. The number of aromatic nitrogens is 4. The van der Waals surface area contributed by atoms with Crippen LogP contribution in [0.15, 0.2) is 36.8 Å². The van der Waals surface area contributed by atoms with Crippen LogP contribution in [0.25, 0.3) is 22.0 Å². The second kappa shape index (κ2) is 7.54. The van der Waals surface area contributed by atoms with Crippen LogP contribution in [-0.4, -0.2) is 75.1 Å². The maximum Gasteiger partial charge on any atom is 0.154 e. The first kappa shape index (κ1) is 14.4. The largest absolute Gasteiger partial charge is 0.304 e. The highest BCUT2D eigenvalue weighted by atomic mass is 16.1. The van der Waals surface area contributed by atoms with Gasteiger partial charge in [0.2, 0.25) is 0 Å². The summed E-state index contributed by atoms with van der Waals surface area (Å²) >= 11 is 0. The number of benzene rings is 1. The molecule has 1 aliphatic rings. The van der Waals surface area contributed by atoms with Gasteiger partial charge in [-0.15, -0.1) is 0 Å². The van der Waals surface area contributed by atoms with E-state index < -0.39 is 6.98 Å². The second-order valence-corrected chi connectivity index (χ2v) is 7.03. The van der Waals surface area contributed by atoms with Crippen molar-refractivity contribution >= 4 is 16.7 Å². The first-order valence-corrected chi connectivity index (χ1v) is 9.02. The number of nitrogens with zero attached hydrogens (tertiary/aromatic N) is 6. The molecule has 4 rings (SSSR count). The third kappa shape index (κ3) is 4.20. The number of rotatable bonds is 5. The summed E-state index contributed by atoms with van der Waals surface area (Å²) in [5.41, 5.74) is 2.22. The van der Waals surface area contributed by atoms with Gasteiger partial charge in [0.05, 0.1) is 24.7 Å². The number of hydrogen-bond acceptors (Lipinski definition) is 6. The Hall–Kier alpha value is -2.64. The molecule has 1 fully saturated rings. The van der Waals surface area contributed by atoms with Crippen molar-refractivity contribution in [1.82, 2.24) is 29.5 Å². The number of piperazine rings is 1. The van der Waals surface area contributed by atoms with Crippen molar-refractivity contribution in [2.24, 2.45) is 6.98 Å². The lowest BCUT2D eigenvalue weighted by Gasteiger charge is -2.31. The molecule has 7 nitrogen and oxygen atoms in total. The van der Waals surface area contributed by atoms with E-state index in [0.717, 1.165) is 41.8 Å². The number of ketones is 1. The maximum absolute atomic E-state index is 12.5. The molecule has 0 amide bonds. The standard InChI is InChI=1S/C20H24N6O/c1-24-5-7-26(8-6-24)14-18(27)10-20-21-11-16-4-3-15(9-19(16)23-20)17-12-22-25(2)13-17/h3-4,9,11-13H,5-8,10,14H2,1-2H3/i2D3. The monoisotopic (exact) mass is 367 g/mol. The highest BCUT2D eigenvalue weighted by molar-refractivity contribution is 5.85. The molecule has 2 aromatic heterocycles. The summed E-state index contributed by atoms with van der Waals surface area (Å²) in [6, 6.07) is 5.63. The molecule has 0 N–H and O–H groups in total. The van der Waals surface area contributed by atoms with Crippen LogP contribution in [0.5, 0.6) is 0 Å². The van der Waals surface area contributed by atoms with Crippen LogP contribution < -0.4 is 0 Å². The summed E-state index contributed by atoms with van der Waals surface area (Å²) in [6.45, 7) is 1.85. The van der Waals surface area contributed by atoms with Crippen molar-refractivity contribution in [2.45, 2.75) is 6.42 Å². The Labute approximate surface area is 162 Å². The summed E-state index contributed by atoms with van der Waals surface area (Å²) in [5.74, 6) is 0.603. The molecule has 0 bridgehead atoms. The van der Waals surface area contributed by atoms with Gasteiger partial charge >= 0.3 is 0 Å². The lowest BCUT2D eigenvalue weighted by molar-refractivity contribution is -0.120. The minimum atomic E-state index is -2.31. The Morgan fingerprint density at radius 3 is 2.81 bits per heavy atom. The van der Waals surface area contributed by atoms with E-state index in [1.165, 1.54) is 12.4 Å². The van der Waals surface area contributed by atoms with Crippen LogP contribution in [0.3, 0.4) is 0 Å². The first-order valence-electron chi connectivity index (χ1n) is 10.5. The Balaban J connectivity index is 1.49. The van der Waals surface area contributed by atoms with Gasteiger partial charge in [0, 0.05) is 60.6 Å². The molecule has 1 aromatic carbocycles. The molecule has 0 atom stereocenters. The minimum absolute atomic E-state index is 0.106. The molecule has 0 unspecified atom stereocenters. The van der Waals surface area contributed by atoms with Crippen molar-refractivity contribution in [2.75, 3.05) is 39.8 Å². The quantitative estimate of drug-likeness (QED) is 0.679. The minimum Gasteiger partial charge on any atom is -0.304 e. The van der Waals surface area contributed by atoms with Crippen molar-refractivity contribution < 1.29 is 8.91 Å². The molecule has 1 saturated heterocycles. The van der Waals surface area contributed by atoms with E-state index in [-0.39, 0.29) is 12.2 Å². The molecule has 3 aromatic rings. The summed E-state index contributed by atoms with van der Waals surface area (Å²) in [6.07, 6.45) is 4.94. The van der Waals surface area contributed by atoms with Crippen LogP contribution >= 0.6 is 0 Å². The highest BCUT2D eigenvalue weighted by Gasteiger charge is 2.17. The maximum atomic E-state index is 12.5. The highest BCUT2D eigenvalue weighted by Crippen LogP contribution is 2.22. The van der Waals surface area contributed by atoms with E-state index >= 15 is 0 Å². The number of fused-ring (bicyclic) bond motifs is 1. The van der Waals surface area contributed by atoms with Gasteiger partial charge in [-0.25, -0.2) is 9.97 Å². The van der Waals surface area contributed by atoms with E-state index in [4.69, 9.17) is 4.11 Å². The molecule has 0 radical (unpaired) electrons. The summed E-state index contributed by atoms with van der Waals surface area (Å²) in [4.78, 5) is 25.8. The fourth-order valence-corrected chi connectivity index (χ4v) is 3.29. The van der Waals surface area contributed by atoms with Gasteiger partial charge in [0.25, 0.3) is 0 Å². The van der Waals surface area contributed by atoms with Gasteiger partial charge in [-0.2, -0.15) is 5.10 Å². The van der Waals surface area contributed by atoms with Crippen LogP contribution in [0.2, 0.25) is 0 Å². The Morgan fingerprint density at radius 2 is 2.04 bits per heavy atom. The van der Waals surface area contributed by atoms with Gasteiger partial charge in [-0.05, 0) is 18.7 Å². The van der Waals surface area contributed by atoms with Crippen molar-refractivity contribution in [3.63, 3.8) is 0 Å². The average Bonchev–Trinajstić information content (AvgIpc) is 3.20. The van der Waals surface area contributed by atoms with E-state index in [9.17, 15) is 4.79 Å². The van der Waals surface area contributed by atoms with Crippen LogP contribution in [-0.2, 0) is 18.2 Å². The molecule has 7 heteroatoms. The third-order valence-electron chi connectivity index (χ3n) is 4.90. The number of aryl methyl sites for hydroxylation is 1. The van der Waals surface area contributed by atoms with Gasteiger partial charge < -0.3 is 4.90 Å². The molecular formula is C20H24N6O. The van der Waals surface area contributed by atoms with E-state index in [1.807, 2.05) is 18.2 Å². The van der Waals surface area contributed by atoms with Crippen LogP contribution in [0, 0.1) is 0 Å². The smallest absolute Gasteiger partial charge is 0.154 e. The molecule has 1 aliphatic heterocycles. The third-order valence-corrected chi connectivity index (χ3v) is 4.90. The molecule has 27 heavy (non-hydrogen) atoms. The zero-order chi connectivity index (χ0) is 21.3. The van der Waals surface area contributed by atoms with E-state index in [1.54, 1.807) is 6.20 Å². The second-order valence-electron chi connectivity index (χ2n) is 7.03. The number of carbonyl (C=O) groups excluding carboxylic acids is 1. The van der Waals surface area contributed by atoms with Gasteiger partial charge in [-0.3, -0.25) is 14.4 Å². The Morgan fingerprint density at radius 1 is 1.19 bits per heavy atom. The van der Waals surface area contributed by atoms with Crippen LogP contribution in [0.1, 0.15) is 9.94 Å². The number of carbonyl (C=O) groups is 1. The van der Waals surface area contributed by atoms with Crippen molar-refractivity contribution in [3.8, 4) is 11.1 Å². The van der Waals surface area contributed by atoms with Gasteiger partial charge in [-0.1, -0.05) is 12.1 Å². The first-order chi connectivity index (χ1) is 14.3.